The van der Waals surface area contributed by atoms with Crippen molar-refractivity contribution in [2.24, 2.45) is 5.92 Å². The van der Waals surface area contributed by atoms with Crippen molar-refractivity contribution >= 4 is 37.7 Å². The van der Waals surface area contributed by atoms with E-state index in [-0.39, 0.29) is 61.5 Å². The summed E-state index contributed by atoms with van der Waals surface area (Å²) in [7, 11) is -8.00. The largest absolute Gasteiger partial charge is 0.492 e. The zero-order valence-electron chi connectivity index (χ0n) is 18.2. The van der Waals surface area contributed by atoms with Gasteiger partial charge < -0.3 is 14.4 Å². The lowest BCUT2D eigenvalue weighted by Gasteiger charge is -2.33. The van der Waals surface area contributed by atoms with E-state index in [2.05, 4.69) is 0 Å². The van der Waals surface area contributed by atoms with Crippen molar-refractivity contribution < 1.29 is 35.9 Å². The van der Waals surface area contributed by atoms with E-state index in [1.807, 2.05) is 0 Å². The Morgan fingerprint density at radius 2 is 1.78 bits per heavy atom. The number of sulfonamides is 2. The van der Waals surface area contributed by atoms with E-state index in [0.29, 0.717) is 4.31 Å². The zero-order chi connectivity index (χ0) is 23.7. The maximum absolute atomic E-state index is 13.4. The highest BCUT2D eigenvalue weighted by Gasteiger charge is 2.43. The van der Waals surface area contributed by atoms with E-state index < -0.39 is 38.0 Å². The molecule has 0 radical (unpaired) electrons. The lowest BCUT2D eigenvalue weighted by atomic mass is 10.2. The molecule has 2 heterocycles. The van der Waals surface area contributed by atoms with Gasteiger partial charge in [0.15, 0.2) is 0 Å². The molecule has 178 valence electrons. The van der Waals surface area contributed by atoms with Gasteiger partial charge >= 0.3 is 6.09 Å². The Balaban J connectivity index is 1.94. The average molecular weight is 490 g/mol. The molecule has 0 aliphatic carbocycles. The summed E-state index contributed by atoms with van der Waals surface area (Å²) in [6, 6.07) is 3.87. The number of anilines is 1. The number of hydrogen-bond acceptors (Lipinski definition) is 8. The summed E-state index contributed by atoms with van der Waals surface area (Å²) in [5.74, 6) is -1.61. The molecule has 0 bridgehead atoms. The minimum absolute atomic E-state index is 0.0366. The lowest BCUT2D eigenvalue weighted by molar-refractivity contribution is -0.119. The van der Waals surface area contributed by atoms with Crippen LogP contribution in [-0.2, 0) is 29.6 Å². The first-order valence-corrected chi connectivity index (χ1v) is 13.3. The molecule has 13 heteroatoms. The van der Waals surface area contributed by atoms with Crippen molar-refractivity contribution in [1.82, 2.24) is 9.21 Å². The number of nitrogens with zero attached hydrogens (tertiary/aromatic N) is 3. The Morgan fingerprint density at radius 3 is 2.31 bits per heavy atom. The quantitative estimate of drug-likeness (QED) is 0.575. The molecule has 1 aromatic rings. The van der Waals surface area contributed by atoms with Gasteiger partial charge in [0, 0.05) is 26.2 Å². The Hall–Kier alpha value is -2.38. The van der Waals surface area contributed by atoms with Gasteiger partial charge in [0.2, 0.25) is 26.0 Å². The predicted octanol–water partition coefficient (Wildman–Crippen LogP) is 0.861. The number of ether oxygens (including phenoxy) is 2. The van der Waals surface area contributed by atoms with Crippen molar-refractivity contribution in [3.8, 4) is 5.75 Å². The first-order chi connectivity index (χ1) is 15.0. The summed E-state index contributed by atoms with van der Waals surface area (Å²) in [4.78, 5) is 25.5. The first kappa shape index (κ1) is 24.3. The van der Waals surface area contributed by atoms with Gasteiger partial charge in [-0.2, -0.15) is 4.31 Å². The molecule has 1 atom stereocenters. The SMILES string of the molecule is CCOC(=O)N1CCN(S(=O)(=O)c2cc(N3C(=O)C(C)CS3(=O)=O)ccc2OCC)CC1. The Bertz CT molecular complexity index is 1100. The van der Waals surface area contributed by atoms with Gasteiger partial charge in [-0.25, -0.2) is 25.9 Å². The summed E-state index contributed by atoms with van der Waals surface area (Å²) in [5, 5.41) is 0. The molecule has 2 fully saturated rings. The first-order valence-electron chi connectivity index (χ1n) is 10.3. The van der Waals surface area contributed by atoms with Crippen molar-refractivity contribution in [2.75, 3.05) is 49.5 Å². The predicted molar refractivity (Wildman–Crippen MR) is 115 cm³/mol. The number of carbonyl (C=O) groups is 2. The Morgan fingerprint density at radius 1 is 1.12 bits per heavy atom. The third-order valence-electron chi connectivity index (χ3n) is 5.20. The molecule has 3 rings (SSSR count). The summed E-state index contributed by atoms with van der Waals surface area (Å²) < 4.78 is 64.1. The molecule has 2 saturated heterocycles. The normalized spacial score (nSPS) is 21.6. The lowest BCUT2D eigenvalue weighted by Crippen LogP contribution is -2.50. The van der Waals surface area contributed by atoms with Crippen LogP contribution < -0.4 is 9.04 Å². The van der Waals surface area contributed by atoms with Crippen LogP contribution in [0, 0.1) is 5.92 Å². The molecule has 0 N–H and O–H groups in total. The maximum atomic E-state index is 13.4. The maximum Gasteiger partial charge on any atom is 0.409 e. The monoisotopic (exact) mass is 489 g/mol. The molecule has 2 aliphatic rings. The second kappa shape index (κ2) is 9.24. The summed E-state index contributed by atoms with van der Waals surface area (Å²) in [6.45, 7) is 5.68. The van der Waals surface area contributed by atoms with Crippen LogP contribution in [0.25, 0.3) is 0 Å². The minimum atomic E-state index is -4.10. The van der Waals surface area contributed by atoms with Crippen molar-refractivity contribution in [2.45, 2.75) is 25.7 Å². The van der Waals surface area contributed by atoms with Crippen LogP contribution in [0.4, 0.5) is 10.5 Å². The second-order valence-corrected chi connectivity index (χ2v) is 11.2. The van der Waals surface area contributed by atoms with Gasteiger partial charge in [-0.05, 0) is 32.0 Å². The summed E-state index contributed by atoms with van der Waals surface area (Å²) in [6.07, 6.45) is -0.506. The van der Waals surface area contributed by atoms with Gasteiger partial charge in [0.05, 0.1) is 30.6 Å². The van der Waals surface area contributed by atoms with Gasteiger partial charge in [-0.1, -0.05) is 6.92 Å². The number of rotatable bonds is 6. The molecule has 2 amide bonds. The fourth-order valence-electron chi connectivity index (χ4n) is 3.65. The second-order valence-electron chi connectivity index (χ2n) is 7.44. The molecule has 1 aromatic carbocycles. The van der Waals surface area contributed by atoms with Gasteiger partial charge in [0.1, 0.15) is 10.6 Å². The average Bonchev–Trinajstić information content (AvgIpc) is 2.95. The number of benzene rings is 1. The van der Waals surface area contributed by atoms with Crippen molar-refractivity contribution in [1.29, 1.82) is 0 Å². The third-order valence-corrected chi connectivity index (χ3v) is 8.99. The number of amides is 2. The molecular formula is C19H27N3O8S2. The fraction of sp³-hybridized carbons (Fsp3) is 0.579. The molecular weight excluding hydrogens is 462 g/mol. The third kappa shape index (κ3) is 4.55. The zero-order valence-corrected chi connectivity index (χ0v) is 19.8. The van der Waals surface area contributed by atoms with Gasteiger partial charge in [-0.3, -0.25) is 4.79 Å². The van der Waals surface area contributed by atoms with Crippen molar-refractivity contribution in [3.63, 3.8) is 0 Å². The molecule has 0 saturated carbocycles. The van der Waals surface area contributed by atoms with E-state index in [1.54, 1.807) is 13.8 Å². The Kier molecular flexibility index (Phi) is 7.00. The standard InChI is InChI=1S/C19H27N3O8S2/c1-4-29-16-7-6-15(22-18(23)14(3)13-31(22,25)26)12-17(16)32(27,28)21-10-8-20(9-11-21)19(24)30-5-2/h6-7,12,14H,4-5,8-11,13H2,1-3H3. The molecule has 0 aromatic heterocycles. The van der Waals surface area contributed by atoms with Gasteiger partial charge in [-0.15, -0.1) is 0 Å². The number of hydrogen-bond donors (Lipinski definition) is 0. The summed E-state index contributed by atoms with van der Waals surface area (Å²) in [5.41, 5.74) is -0.0495. The molecule has 0 spiro atoms. The highest BCUT2D eigenvalue weighted by atomic mass is 32.2. The van der Waals surface area contributed by atoms with Crippen LogP contribution in [0.3, 0.4) is 0 Å². The van der Waals surface area contributed by atoms with Crippen LogP contribution in [-0.4, -0.2) is 83.2 Å². The smallest absolute Gasteiger partial charge is 0.409 e. The molecule has 1 unspecified atom stereocenters. The van der Waals surface area contributed by atoms with Crippen LogP contribution in [0.2, 0.25) is 0 Å². The highest BCUT2D eigenvalue weighted by Crippen LogP contribution is 2.35. The molecule has 32 heavy (non-hydrogen) atoms. The van der Waals surface area contributed by atoms with E-state index in [1.165, 1.54) is 28.3 Å². The highest BCUT2D eigenvalue weighted by molar-refractivity contribution is 7.94. The fourth-order valence-corrected chi connectivity index (χ4v) is 7.04. The number of piperazine rings is 1. The number of carbonyl (C=O) groups excluding carboxylic acids is 2. The topological polar surface area (TPSA) is 131 Å². The molecule has 2 aliphatic heterocycles. The van der Waals surface area contributed by atoms with Crippen molar-refractivity contribution in [3.05, 3.63) is 18.2 Å². The Labute approximate surface area is 188 Å². The van der Waals surface area contributed by atoms with Crippen LogP contribution in [0.15, 0.2) is 23.1 Å². The summed E-state index contributed by atoms with van der Waals surface area (Å²) >= 11 is 0. The van der Waals surface area contributed by atoms with Crippen LogP contribution in [0.1, 0.15) is 20.8 Å². The minimum Gasteiger partial charge on any atom is -0.492 e. The van der Waals surface area contributed by atoms with Crippen LogP contribution >= 0.6 is 0 Å². The van der Waals surface area contributed by atoms with Gasteiger partial charge in [0.25, 0.3) is 0 Å². The van der Waals surface area contributed by atoms with Crippen LogP contribution in [0.5, 0.6) is 5.75 Å². The van der Waals surface area contributed by atoms with E-state index in [0.717, 1.165) is 6.07 Å². The molecule has 11 nitrogen and oxygen atoms in total. The van der Waals surface area contributed by atoms with E-state index in [4.69, 9.17) is 9.47 Å². The van der Waals surface area contributed by atoms with E-state index in [9.17, 15) is 26.4 Å². The van der Waals surface area contributed by atoms with E-state index >= 15 is 0 Å².